The summed E-state index contributed by atoms with van der Waals surface area (Å²) >= 11 is 0. The van der Waals surface area contributed by atoms with Crippen molar-refractivity contribution in [2.24, 2.45) is 0 Å². The molecule has 0 aromatic carbocycles. The van der Waals surface area contributed by atoms with Gasteiger partial charge in [-0.2, -0.15) is 0 Å². The van der Waals surface area contributed by atoms with Gasteiger partial charge in [-0.3, -0.25) is 9.69 Å². The number of furan rings is 1. The molecule has 0 radical (unpaired) electrons. The van der Waals surface area contributed by atoms with Gasteiger partial charge in [0.25, 0.3) is 0 Å². The highest BCUT2D eigenvalue weighted by Gasteiger charge is 2.32. The van der Waals surface area contributed by atoms with Crippen LogP contribution >= 0.6 is 0 Å². The van der Waals surface area contributed by atoms with E-state index in [9.17, 15) is 4.79 Å². The molecular formula is C14H21N3O2. The second-order valence-corrected chi connectivity index (χ2v) is 5.35. The minimum absolute atomic E-state index is 0.250. The van der Waals surface area contributed by atoms with E-state index in [4.69, 9.17) is 4.42 Å². The van der Waals surface area contributed by atoms with E-state index in [-0.39, 0.29) is 5.91 Å². The van der Waals surface area contributed by atoms with Gasteiger partial charge in [-0.25, -0.2) is 0 Å². The maximum atomic E-state index is 12.3. The molecule has 5 nitrogen and oxygen atoms in total. The van der Waals surface area contributed by atoms with Gasteiger partial charge in [0.2, 0.25) is 5.91 Å². The van der Waals surface area contributed by atoms with Crippen LogP contribution in [0.1, 0.15) is 18.6 Å². The van der Waals surface area contributed by atoms with Crippen LogP contribution in [0.15, 0.2) is 22.8 Å². The Balaban J connectivity index is 1.56. The lowest BCUT2D eigenvalue weighted by molar-refractivity contribution is -0.133. The highest BCUT2D eigenvalue weighted by atomic mass is 16.3. The Labute approximate surface area is 113 Å². The van der Waals surface area contributed by atoms with Crippen molar-refractivity contribution < 1.29 is 9.21 Å². The number of piperazine rings is 1. The fraction of sp³-hybridized carbons (Fsp3) is 0.643. The van der Waals surface area contributed by atoms with Crippen molar-refractivity contribution in [2.45, 2.75) is 25.4 Å². The summed E-state index contributed by atoms with van der Waals surface area (Å²) in [5, 5.41) is 3.27. The van der Waals surface area contributed by atoms with E-state index in [0.717, 1.165) is 38.5 Å². The van der Waals surface area contributed by atoms with Crippen molar-refractivity contribution in [3.05, 3.63) is 24.2 Å². The highest BCUT2D eigenvalue weighted by Crippen LogP contribution is 2.28. The number of nitrogens with zero attached hydrogens (tertiary/aromatic N) is 2. The summed E-state index contributed by atoms with van der Waals surface area (Å²) in [5.74, 6) is 1.19. The number of amides is 1. The van der Waals surface area contributed by atoms with E-state index in [1.807, 2.05) is 17.0 Å². The lowest BCUT2D eigenvalue weighted by Crippen LogP contribution is -2.49. The lowest BCUT2D eigenvalue weighted by atomic mass is 10.3. The Kier molecular flexibility index (Phi) is 3.84. The number of carbonyl (C=O) groups excluding carboxylic acids is 1. The Morgan fingerprint density at radius 2 is 2.21 bits per heavy atom. The summed E-state index contributed by atoms with van der Waals surface area (Å²) in [6.45, 7) is 4.75. The topological polar surface area (TPSA) is 48.7 Å². The molecule has 104 valence electrons. The van der Waals surface area contributed by atoms with Crippen molar-refractivity contribution in [1.29, 1.82) is 0 Å². The molecule has 2 heterocycles. The van der Waals surface area contributed by atoms with Crippen LogP contribution in [0.2, 0.25) is 0 Å². The predicted molar refractivity (Wildman–Crippen MR) is 71.6 cm³/mol. The zero-order chi connectivity index (χ0) is 13.1. The fourth-order valence-electron chi connectivity index (χ4n) is 2.54. The van der Waals surface area contributed by atoms with Gasteiger partial charge in [0.1, 0.15) is 5.76 Å². The minimum atomic E-state index is 0.250. The van der Waals surface area contributed by atoms with E-state index < -0.39 is 0 Å². The van der Waals surface area contributed by atoms with Crippen molar-refractivity contribution in [3.8, 4) is 0 Å². The molecular weight excluding hydrogens is 242 g/mol. The standard InChI is InChI=1S/C14H21N3O2/c18-14(16-7-5-15-6-8-16)11-17(12-3-4-12)10-13-2-1-9-19-13/h1-2,9,12,15H,3-8,10-11H2. The highest BCUT2D eigenvalue weighted by molar-refractivity contribution is 5.78. The lowest BCUT2D eigenvalue weighted by Gasteiger charge is -2.30. The molecule has 1 aliphatic heterocycles. The van der Waals surface area contributed by atoms with Crippen LogP contribution in [0.5, 0.6) is 0 Å². The first-order valence-electron chi connectivity index (χ1n) is 7.08. The molecule has 1 saturated carbocycles. The maximum Gasteiger partial charge on any atom is 0.236 e. The van der Waals surface area contributed by atoms with Crippen LogP contribution in [0.4, 0.5) is 0 Å². The van der Waals surface area contributed by atoms with E-state index in [1.54, 1.807) is 6.26 Å². The van der Waals surface area contributed by atoms with Gasteiger partial charge in [0.15, 0.2) is 0 Å². The number of hydrogen-bond donors (Lipinski definition) is 1. The van der Waals surface area contributed by atoms with E-state index in [1.165, 1.54) is 12.8 Å². The third kappa shape index (κ3) is 3.36. The zero-order valence-electron chi connectivity index (χ0n) is 11.2. The second-order valence-electron chi connectivity index (χ2n) is 5.35. The minimum Gasteiger partial charge on any atom is -0.468 e. The van der Waals surface area contributed by atoms with Gasteiger partial charge in [-0.15, -0.1) is 0 Å². The zero-order valence-corrected chi connectivity index (χ0v) is 11.2. The fourth-order valence-corrected chi connectivity index (χ4v) is 2.54. The molecule has 5 heteroatoms. The first-order valence-corrected chi connectivity index (χ1v) is 7.08. The van der Waals surface area contributed by atoms with E-state index in [0.29, 0.717) is 12.6 Å². The average molecular weight is 263 g/mol. The molecule has 3 rings (SSSR count). The first-order chi connectivity index (χ1) is 9.33. The first kappa shape index (κ1) is 12.7. The number of hydrogen-bond acceptors (Lipinski definition) is 4. The predicted octanol–water partition coefficient (Wildman–Crippen LogP) is 0.676. The molecule has 0 atom stereocenters. The summed E-state index contributed by atoms with van der Waals surface area (Å²) in [6, 6.07) is 4.44. The van der Waals surface area contributed by atoms with Gasteiger partial charge in [-0.05, 0) is 25.0 Å². The Morgan fingerprint density at radius 3 is 2.84 bits per heavy atom. The molecule has 1 amide bonds. The average Bonchev–Trinajstić information content (AvgIpc) is 3.17. The van der Waals surface area contributed by atoms with Gasteiger partial charge in [-0.1, -0.05) is 0 Å². The molecule has 0 bridgehead atoms. The summed E-state index contributed by atoms with van der Waals surface area (Å²) in [4.78, 5) is 16.5. The molecule has 0 unspecified atom stereocenters. The molecule has 1 saturated heterocycles. The molecule has 1 aromatic rings. The van der Waals surface area contributed by atoms with Crippen molar-refractivity contribution in [3.63, 3.8) is 0 Å². The van der Waals surface area contributed by atoms with Crippen LogP contribution in [-0.4, -0.2) is 54.5 Å². The monoisotopic (exact) mass is 263 g/mol. The largest absolute Gasteiger partial charge is 0.468 e. The van der Waals surface area contributed by atoms with E-state index in [2.05, 4.69) is 10.2 Å². The van der Waals surface area contributed by atoms with Gasteiger partial charge in [0, 0.05) is 32.2 Å². The number of nitrogens with one attached hydrogen (secondary N) is 1. The van der Waals surface area contributed by atoms with Crippen LogP contribution in [-0.2, 0) is 11.3 Å². The quantitative estimate of drug-likeness (QED) is 0.848. The smallest absolute Gasteiger partial charge is 0.236 e. The molecule has 1 aliphatic carbocycles. The van der Waals surface area contributed by atoms with Gasteiger partial charge >= 0.3 is 0 Å². The van der Waals surface area contributed by atoms with Crippen LogP contribution < -0.4 is 5.32 Å². The van der Waals surface area contributed by atoms with Gasteiger partial charge < -0.3 is 14.6 Å². The molecule has 1 aromatic heterocycles. The summed E-state index contributed by atoms with van der Waals surface area (Å²) in [6.07, 6.45) is 4.10. The third-order valence-corrected chi connectivity index (χ3v) is 3.81. The summed E-state index contributed by atoms with van der Waals surface area (Å²) in [7, 11) is 0. The second kappa shape index (κ2) is 5.75. The Hall–Kier alpha value is -1.33. The Morgan fingerprint density at radius 1 is 1.42 bits per heavy atom. The van der Waals surface area contributed by atoms with Crippen molar-refractivity contribution in [2.75, 3.05) is 32.7 Å². The maximum absolute atomic E-state index is 12.3. The number of rotatable bonds is 5. The molecule has 0 spiro atoms. The van der Waals surface area contributed by atoms with Crippen molar-refractivity contribution >= 4 is 5.91 Å². The summed E-state index contributed by atoms with van der Waals surface area (Å²) < 4.78 is 5.39. The SMILES string of the molecule is O=C(CN(Cc1ccco1)C1CC1)N1CCNCC1. The number of carbonyl (C=O) groups is 1. The normalized spacial score (nSPS) is 19.9. The van der Waals surface area contributed by atoms with Crippen LogP contribution in [0.3, 0.4) is 0 Å². The Bertz CT molecular complexity index is 408. The molecule has 2 aliphatic rings. The molecule has 2 fully saturated rings. The summed E-state index contributed by atoms with van der Waals surface area (Å²) in [5.41, 5.74) is 0. The van der Waals surface area contributed by atoms with Crippen molar-refractivity contribution in [1.82, 2.24) is 15.1 Å². The van der Waals surface area contributed by atoms with Gasteiger partial charge in [0.05, 0.1) is 19.4 Å². The molecule has 1 N–H and O–H groups in total. The van der Waals surface area contributed by atoms with Crippen LogP contribution in [0.25, 0.3) is 0 Å². The molecule has 19 heavy (non-hydrogen) atoms. The van der Waals surface area contributed by atoms with Crippen LogP contribution in [0, 0.1) is 0 Å². The van der Waals surface area contributed by atoms with E-state index >= 15 is 0 Å². The third-order valence-electron chi connectivity index (χ3n) is 3.81.